The van der Waals surface area contributed by atoms with Gasteiger partial charge in [-0.05, 0) is 42.7 Å². The summed E-state index contributed by atoms with van der Waals surface area (Å²) in [5.74, 6) is 1.28. The highest BCUT2D eigenvalue weighted by Crippen LogP contribution is 2.39. The van der Waals surface area contributed by atoms with Crippen molar-refractivity contribution in [3.8, 4) is 23.0 Å². The average Bonchev–Trinajstić information content (AvgIpc) is 2.73. The van der Waals surface area contributed by atoms with E-state index in [1.807, 2.05) is 32.0 Å². The maximum absolute atomic E-state index is 12.0. The number of hydrogen-bond acceptors (Lipinski definition) is 7. The van der Waals surface area contributed by atoms with E-state index in [2.05, 4.69) is 6.07 Å². The molecular formula is C24H30O7. The molecule has 1 saturated heterocycles. The van der Waals surface area contributed by atoms with Gasteiger partial charge in [0.25, 0.3) is 0 Å². The number of aryl methyl sites for hydroxylation is 2. The monoisotopic (exact) mass is 430 g/mol. The van der Waals surface area contributed by atoms with Crippen molar-refractivity contribution in [2.45, 2.75) is 32.8 Å². The molecule has 0 bridgehead atoms. The van der Waals surface area contributed by atoms with Gasteiger partial charge in [-0.25, -0.2) is 0 Å². The molecular weight excluding hydrogens is 400 g/mol. The fraction of sp³-hybridized carbons (Fsp3) is 0.458. The molecule has 0 radical (unpaired) electrons. The number of ether oxygens (including phenoxy) is 5. The van der Waals surface area contributed by atoms with Crippen molar-refractivity contribution in [2.75, 3.05) is 34.5 Å². The van der Waals surface area contributed by atoms with Crippen molar-refractivity contribution < 1.29 is 33.6 Å². The summed E-state index contributed by atoms with van der Waals surface area (Å²) in [6.45, 7) is 4.30. The van der Waals surface area contributed by atoms with Crippen LogP contribution in [0, 0.1) is 19.8 Å². The first-order chi connectivity index (χ1) is 14.9. The first-order valence-electron chi connectivity index (χ1n) is 10.2. The summed E-state index contributed by atoms with van der Waals surface area (Å²) in [4.78, 5) is 12.0. The molecule has 1 N–H and O–H groups in total. The Morgan fingerprint density at radius 3 is 2.26 bits per heavy atom. The third-order valence-corrected chi connectivity index (χ3v) is 5.45. The van der Waals surface area contributed by atoms with Gasteiger partial charge in [0.15, 0.2) is 11.5 Å². The quantitative estimate of drug-likeness (QED) is 0.644. The molecule has 7 nitrogen and oxygen atoms in total. The van der Waals surface area contributed by atoms with Crippen LogP contribution in [0.2, 0.25) is 0 Å². The zero-order valence-electron chi connectivity index (χ0n) is 18.7. The minimum atomic E-state index is -0.759. The first kappa shape index (κ1) is 22.7. The van der Waals surface area contributed by atoms with E-state index in [0.717, 1.165) is 22.3 Å². The summed E-state index contributed by atoms with van der Waals surface area (Å²) in [6, 6.07) is 7.90. The summed E-state index contributed by atoms with van der Waals surface area (Å²) in [5.41, 5.74) is 3.98. The van der Waals surface area contributed by atoms with Gasteiger partial charge in [0.05, 0.1) is 34.0 Å². The lowest BCUT2D eigenvalue weighted by Crippen LogP contribution is -2.40. The van der Waals surface area contributed by atoms with Crippen LogP contribution in [-0.4, -0.2) is 51.7 Å². The Balaban J connectivity index is 1.90. The number of aliphatic hydroxyl groups excluding tert-OH is 1. The highest BCUT2D eigenvalue weighted by Gasteiger charge is 2.33. The van der Waals surface area contributed by atoms with E-state index in [1.165, 1.54) is 0 Å². The summed E-state index contributed by atoms with van der Waals surface area (Å²) in [7, 11) is 4.74. The predicted octanol–water partition coefficient (Wildman–Crippen LogP) is 3.22. The lowest BCUT2D eigenvalue weighted by atomic mass is 9.97. The van der Waals surface area contributed by atoms with E-state index in [0.29, 0.717) is 35.8 Å². The van der Waals surface area contributed by atoms with Gasteiger partial charge in [0.2, 0.25) is 5.75 Å². The Kier molecular flexibility index (Phi) is 7.28. The molecule has 0 spiro atoms. The normalized spacial score (nSPS) is 18.3. The molecule has 1 aliphatic heterocycles. The summed E-state index contributed by atoms with van der Waals surface area (Å²) >= 11 is 0. The zero-order valence-corrected chi connectivity index (χ0v) is 18.7. The maximum atomic E-state index is 12.0. The van der Waals surface area contributed by atoms with Gasteiger partial charge >= 0.3 is 5.97 Å². The molecule has 1 heterocycles. The van der Waals surface area contributed by atoms with E-state index in [9.17, 15) is 9.90 Å². The van der Waals surface area contributed by atoms with Crippen LogP contribution in [0.5, 0.6) is 23.0 Å². The fourth-order valence-electron chi connectivity index (χ4n) is 3.94. The van der Waals surface area contributed by atoms with Crippen molar-refractivity contribution in [3.63, 3.8) is 0 Å². The lowest BCUT2D eigenvalue weighted by molar-refractivity contribution is -0.162. The Hall–Kier alpha value is -2.93. The second-order valence-corrected chi connectivity index (χ2v) is 7.72. The van der Waals surface area contributed by atoms with Crippen LogP contribution >= 0.6 is 0 Å². The topological polar surface area (TPSA) is 83.5 Å². The minimum Gasteiger partial charge on any atom is -0.493 e. The summed E-state index contributed by atoms with van der Waals surface area (Å²) in [5, 5.41) is 10.2. The van der Waals surface area contributed by atoms with Crippen LogP contribution in [0.15, 0.2) is 24.3 Å². The van der Waals surface area contributed by atoms with Crippen LogP contribution < -0.4 is 18.9 Å². The van der Waals surface area contributed by atoms with Crippen molar-refractivity contribution >= 4 is 5.97 Å². The molecule has 1 fully saturated rings. The molecule has 1 aliphatic rings. The third kappa shape index (κ3) is 5.05. The van der Waals surface area contributed by atoms with E-state index in [4.69, 9.17) is 23.7 Å². The number of methoxy groups -OCH3 is 3. The van der Waals surface area contributed by atoms with Gasteiger partial charge < -0.3 is 28.8 Å². The van der Waals surface area contributed by atoms with Crippen LogP contribution in [-0.2, 0) is 16.0 Å². The largest absolute Gasteiger partial charge is 0.493 e. The molecule has 31 heavy (non-hydrogen) atoms. The van der Waals surface area contributed by atoms with E-state index < -0.39 is 18.0 Å². The number of esters is 1. The summed E-state index contributed by atoms with van der Waals surface area (Å²) in [6.07, 6.45) is 0.225. The van der Waals surface area contributed by atoms with E-state index in [-0.39, 0.29) is 13.2 Å². The Morgan fingerprint density at radius 1 is 1.00 bits per heavy atom. The average molecular weight is 430 g/mol. The summed E-state index contributed by atoms with van der Waals surface area (Å²) < 4.78 is 27.5. The SMILES string of the molecule is COc1cc(Cc2cc(C)cc(C)c2OC[C@@H]2C(=O)OCC[C@H]2O)cc(OC)c1OC. The first-order valence-corrected chi connectivity index (χ1v) is 10.2. The Bertz CT molecular complexity index is 913. The third-order valence-electron chi connectivity index (χ3n) is 5.45. The van der Waals surface area contributed by atoms with Gasteiger partial charge in [-0.3, -0.25) is 4.79 Å². The molecule has 0 aliphatic carbocycles. The van der Waals surface area contributed by atoms with Gasteiger partial charge in [0.1, 0.15) is 18.3 Å². The van der Waals surface area contributed by atoms with Crippen molar-refractivity contribution in [1.82, 2.24) is 0 Å². The molecule has 0 amide bonds. The number of cyclic esters (lactones) is 1. The minimum absolute atomic E-state index is 0.0617. The van der Waals surface area contributed by atoms with Gasteiger partial charge in [0, 0.05) is 12.8 Å². The smallest absolute Gasteiger partial charge is 0.315 e. The molecule has 2 aromatic carbocycles. The number of aliphatic hydroxyl groups is 1. The molecule has 0 aromatic heterocycles. The molecule has 2 aromatic rings. The van der Waals surface area contributed by atoms with Gasteiger partial charge in [-0.15, -0.1) is 0 Å². The van der Waals surface area contributed by atoms with Crippen molar-refractivity contribution in [1.29, 1.82) is 0 Å². The lowest BCUT2D eigenvalue weighted by Gasteiger charge is -2.27. The van der Waals surface area contributed by atoms with Crippen LogP contribution in [0.25, 0.3) is 0 Å². The fourth-order valence-corrected chi connectivity index (χ4v) is 3.94. The molecule has 0 saturated carbocycles. The van der Waals surface area contributed by atoms with Gasteiger partial charge in [-0.1, -0.05) is 17.7 Å². The highest BCUT2D eigenvalue weighted by molar-refractivity contribution is 5.74. The van der Waals surface area contributed by atoms with Gasteiger partial charge in [-0.2, -0.15) is 0 Å². The number of carbonyl (C=O) groups is 1. The van der Waals surface area contributed by atoms with Crippen molar-refractivity contribution in [3.05, 3.63) is 46.5 Å². The van der Waals surface area contributed by atoms with Crippen LogP contribution in [0.3, 0.4) is 0 Å². The highest BCUT2D eigenvalue weighted by atomic mass is 16.5. The van der Waals surface area contributed by atoms with Crippen molar-refractivity contribution in [2.24, 2.45) is 5.92 Å². The van der Waals surface area contributed by atoms with Crippen LogP contribution in [0.4, 0.5) is 0 Å². The van der Waals surface area contributed by atoms with E-state index in [1.54, 1.807) is 21.3 Å². The number of hydrogen-bond donors (Lipinski definition) is 1. The second kappa shape index (κ2) is 9.92. The number of rotatable bonds is 8. The van der Waals surface area contributed by atoms with E-state index >= 15 is 0 Å². The molecule has 168 valence electrons. The second-order valence-electron chi connectivity index (χ2n) is 7.72. The maximum Gasteiger partial charge on any atom is 0.315 e. The van der Waals surface area contributed by atoms with Crippen LogP contribution in [0.1, 0.15) is 28.7 Å². The Labute approximate surface area is 182 Å². The number of benzene rings is 2. The predicted molar refractivity (Wildman–Crippen MR) is 115 cm³/mol. The Morgan fingerprint density at radius 2 is 1.68 bits per heavy atom. The zero-order chi connectivity index (χ0) is 22.5. The molecule has 0 unspecified atom stereocenters. The molecule has 3 rings (SSSR count). The number of carbonyl (C=O) groups excluding carboxylic acids is 1. The molecule has 7 heteroatoms. The molecule has 2 atom stereocenters. The standard InChI is InChI=1S/C24H30O7/c1-14-8-15(2)22(31-13-18-19(25)6-7-30-24(18)26)17(9-14)10-16-11-20(27-3)23(29-5)21(12-16)28-4/h8-9,11-12,18-19,25H,6-7,10,13H2,1-5H3/t18-,19+/m0/s1.